The highest BCUT2D eigenvalue weighted by molar-refractivity contribution is 8.77. The molecule has 4 heterocycles. The number of aliphatic imine (C=N–C) groups is 1. The first-order valence-electron chi connectivity index (χ1n) is 30.1. The van der Waals surface area contributed by atoms with Crippen molar-refractivity contribution in [3.8, 4) is 5.75 Å². The third-order valence-corrected chi connectivity index (χ3v) is 19.6. The molecule has 5 rings (SSSR count). The van der Waals surface area contributed by atoms with Crippen LogP contribution >= 0.6 is 43.2 Å². The van der Waals surface area contributed by atoms with Gasteiger partial charge in [-0.15, -0.1) is 0 Å². The number of carboxylic acid groups (broad SMARTS) is 1. The summed E-state index contributed by atoms with van der Waals surface area (Å²) in [5.74, 6) is -18.2. The van der Waals surface area contributed by atoms with Crippen molar-refractivity contribution >= 4 is 138 Å². The molecule has 0 radical (unpaired) electrons. The normalized spacial score (nSPS) is 25.8. The quantitative estimate of drug-likeness (QED) is 0.0303. The topological polar surface area (TPSA) is 623 Å². The number of benzene rings is 1. The van der Waals surface area contributed by atoms with Crippen LogP contribution in [-0.2, 0) is 84.8 Å². The number of carbonyl (C=O) groups excluding carboxylic acids is 14. The van der Waals surface area contributed by atoms with E-state index in [1.165, 1.54) is 43.7 Å². The number of nitrogens with zero attached hydrogens (tertiary/aromatic N) is 3. The SMILES string of the molecule is C[C@@H]1NC(=O)[C@@H]2CCCN2C(=O)[C@H](CC(N)=O)NC(=O)[C@@H]2CSSC[C@@H](C(N)=O)NC(=O)[C@H](CO)NC(=O)[C@H](Cc3ccc(O)cc3)NC(=O)C(Cc3cnc[nH]3)NC(=O)[C@H](CCCN=C(N)N)NC(=O)CNC(=O)[C@H](CSSC[C@H](NC(=O)[C@@H](N)CCC(=O)O)C(=O)N2)NC1=O. The number of carbonyl (C=O) groups is 15. The van der Waals surface area contributed by atoms with E-state index in [1.807, 2.05) is 0 Å². The highest BCUT2D eigenvalue weighted by atomic mass is 33.1. The first kappa shape index (κ1) is 78.6. The van der Waals surface area contributed by atoms with Gasteiger partial charge in [0.1, 0.15) is 72.2 Å². The Morgan fingerprint density at radius 1 is 0.691 bits per heavy atom. The summed E-state index contributed by atoms with van der Waals surface area (Å²) in [4.78, 5) is 219. The number of nitrogens with one attached hydrogen (secondary N) is 12. The molecule has 38 nitrogen and oxygen atoms in total. The molecule has 532 valence electrons. The monoisotopic (exact) mass is 1440 g/mol. The number of guanidine groups is 1. The number of aromatic nitrogens is 2. The number of phenolic OH excluding ortho intramolecular Hbond substituents is 1. The number of nitrogens with two attached hydrogens (primary N) is 5. The minimum Gasteiger partial charge on any atom is -0.508 e. The minimum atomic E-state index is -1.87. The molecule has 2 aromatic rings. The fourth-order valence-electron chi connectivity index (χ4n) is 9.51. The second-order valence-corrected chi connectivity index (χ2v) is 27.4. The van der Waals surface area contributed by atoms with E-state index in [-0.39, 0.29) is 69.0 Å². The molecule has 3 aliphatic rings. The fraction of sp³-hybridized carbons (Fsp3) is 0.545. The summed E-state index contributed by atoms with van der Waals surface area (Å²) < 4.78 is 0. The van der Waals surface area contributed by atoms with Crippen molar-refractivity contribution in [2.45, 2.75) is 137 Å². The number of aliphatic hydroxyl groups is 1. The number of hydrogen-bond acceptors (Lipinski definition) is 24. The number of hydrogen-bond donors (Lipinski definition) is 20. The molecule has 2 bridgehead atoms. The van der Waals surface area contributed by atoms with E-state index in [0.29, 0.717) is 5.56 Å². The van der Waals surface area contributed by atoms with Crippen molar-refractivity contribution in [1.82, 2.24) is 73.4 Å². The number of imidazole rings is 1. The molecule has 3 aliphatic heterocycles. The Morgan fingerprint density at radius 2 is 1.29 bits per heavy atom. The van der Waals surface area contributed by atoms with Gasteiger partial charge >= 0.3 is 5.97 Å². The summed E-state index contributed by atoms with van der Waals surface area (Å²) in [6.07, 6.45) is 0.138. The van der Waals surface area contributed by atoms with Crippen LogP contribution in [-0.4, -0.2) is 247 Å². The van der Waals surface area contributed by atoms with Crippen molar-refractivity contribution in [3.05, 3.63) is 48.0 Å². The summed E-state index contributed by atoms with van der Waals surface area (Å²) in [5, 5.41) is 57.0. The van der Waals surface area contributed by atoms with Gasteiger partial charge < -0.3 is 112 Å². The average Bonchev–Trinajstić information content (AvgIpc) is 1.76. The molecule has 42 heteroatoms. The molecule has 0 saturated carbocycles. The van der Waals surface area contributed by atoms with Gasteiger partial charge in [-0.25, -0.2) is 4.98 Å². The van der Waals surface area contributed by atoms with E-state index in [0.717, 1.165) is 48.1 Å². The predicted molar refractivity (Wildman–Crippen MR) is 352 cm³/mol. The summed E-state index contributed by atoms with van der Waals surface area (Å²) >= 11 is 0. The standard InChI is InChI=1S/C55H80N20O18S4/c1-25-44(83)72-36-21-95-97-22-37(73-45(84)29(56)10-11-42(80)81)52(91)74-38(51(90)69-33(16-40(57)78)54(93)75-13-3-5-39(75)53(92)65-25)23-96-94-20-35(43(58)82)71-50(89)34(19-76)70-48(87)31(14-26-6-8-28(77)9-7-26)67-49(88)32(15-27-17-61-24-64-27)68-47(86)30(4-2-12-62-55(59)60)66-41(79)18-63-46(36)85/h6-9,17,24-25,29-39,76-77H,2-5,10-16,18-23,56H2,1H3,(H2,57,78)(H2,58,82)(H,61,64)(H,63,85)(H,65,92)(H,66,79)(H,67,88)(H,68,86)(H,69,90)(H,70,87)(H,71,89)(H,72,83)(H,73,84)(H,74,91)(H,80,81)(H4,59,60,62)/t25-,29-,30-,31-,32?,33-,34-,35-,36-,37-,38-,39-/m0/s1. The smallest absolute Gasteiger partial charge is 0.303 e. The molecule has 0 aliphatic carbocycles. The summed E-state index contributed by atoms with van der Waals surface area (Å²) in [7, 11) is 3.20. The Labute approximate surface area is 569 Å². The molecule has 14 amide bonds. The van der Waals surface area contributed by atoms with Gasteiger partial charge in [0.2, 0.25) is 82.7 Å². The lowest BCUT2D eigenvalue weighted by atomic mass is 10.0. The molecule has 1 aromatic heterocycles. The van der Waals surface area contributed by atoms with Crippen LogP contribution in [0.1, 0.15) is 63.1 Å². The zero-order chi connectivity index (χ0) is 71.5. The second kappa shape index (κ2) is 39.2. The third-order valence-electron chi connectivity index (χ3n) is 14.7. The Morgan fingerprint density at radius 3 is 1.91 bits per heavy atom. The molecule has 12 atom stereocenters. The summed E-state index contributed by atoms with van der Waals surface area (Å²) in [5.41, 5.74) is 29.0. The molecular formula is C55H80N20O18S4. The number of aliphatic hydroxyl groups excluding tert-OH is 1. The number of fused-ring (bicyclic) bond motifs is 9. The number of rotatable bonds is 17. The number of aromatic amines is 1. The van der Waals surface area contributed by atoms with Crippen molar-refractivity contribution < 1.29 is 87.2 Å². The van der Waals surface area contributed by atoms with Crippen LogP contribution < -0.4 is 87.2 Å². The van der Waals surface area contributed by atoms with E-state index in [9.17, 15) is 87.2 Å². The van der Waals surface area contributed by atoms with E-state index >= 15 is 0 Å². The van der Waals surface area contributed by atoms with Gasteiger partial charge in [-0.2, -0.15) is 0 Å². The Hall–Kier alpha value is -9.13. The molecule has 25 N–H and O–H groups in total. The van der Waals surface area contributed by atoms with E-state index in [2.05, 4.69) is 73.4 Å². The van der Waals surface area contributed by atoms with Crippen LogP contribution in [0, 0.1) is 0 Å². The van der Waals surface area contributed by atoms with Gasteiger partial charge in [-0.3, -0.25) is 76.9 Å². The van der Waals surface area contributed by atoms with Gasteiger partial charge in [-0.1, -0.05) is 55.3 Å². The number of primary amides is 2. The first-order chi connectivity index (χ1) is 46.0. The van der Waals surface area contributed by atoms with Crippen molar-refractivity contribution in [2.75, 3.05) is 49.3 Å². The van der Waals surface area contributed by atoms with Gasteiger partial charge in [-0.05, 0) is 56.7 Å². The Balaban J connectivity index is 1.62. The van der Waals surface area contributed by atoms with Crippen LogP contribution in [0.3, 0.4) is 0 Å². The number of aromatic hydroxyl groups is 1. The zero-order valence-corrected chi connectivity index (χ0v) is 55.5. The summed E-state index contributed by atoms with van der Waals surface area (Å²) in [6, 6.07) is -14.0. The van der Waals surface area contributed by atoms with Crippen molar-refractivity contribution in [3.63, 3.8) is 0 Å². The maximum atomic E-state index is 14.6. The zero-order valence-electron chi connectivity index (χ0n) is 52.2. The van der Waals surface area contributed by atoms with Crippen molar-refractivity contribution in [2.24, 2.45) is 33.7 Å². The lowest BCUT2D eigenvalue weighted by Gasteiger charge is -2.30. The lowest BCUT2D eigenvalue weighted by Crippen LogP contribution is -2.61. The van der Waals surface area contributed by atoms with E-state index < -0.39 is 217 Å². The van der Waals surface area contributed by atoms with Gasteiger partial charge in [0.25, 0.3) is 0 Å². The molecule has 1 unspecified atom stereocenters. The molecule has 1 aromatic carbocycles. The summed E-state index contributed by atoms with van der Waals surface area (Å²) in [6.45, 7) is -0.925. The van der Waals surface area contributed by atoms with E-state index in [4.69, 9.17) is 28.7 Å². The average molecular weight is 1440 g/mol. The maximum absolute atomic E-state index is 14.6. The molecular weight excluding hydrogens is 1360 g/mol. The Kier molecular flexibility index (Phi) is 31.7. The number of aliphatic carboxylic acids is 1. The van der Waals surface area contributed by atoms with Crippen LogP contribution in [0.2, 0.25) is 0 Å². The number of amides is 14. The van der Waals surface area contributed by atoms with Crippen LogP contribution in [0.4, 0.5) is 0 Å². The minimum absolute atomic E-state index is 0.0220. The molecule has 3 fully saturated rings. The van der Waals surface area contributed by atoms with Crippen LogP contribution in [0.15, 0.2) is 41.8 Å². The highest BCUT2D eigenvalue weighted by Gasteiger charge is 2.41. The van der Waals surface area contributed by atoms with Gasteiger partial charge in [0.05, 0.1) is 31.9 Å². The second-order valence-electron chi connectivity index (χ2n) is 22.3. The Bertz CT molecular complexity index is 3210. The third kappa shape index (κ3) is 26.1. The lowest BCUT2D eigenvalue weighted by molar-refractivity contribution is -0.143. The molecule has 97 heavy (non-hydrogen) atoms. The fourth-order valence-corrected chi connectivity index (χ4v) is 14.2. The van der Waals surface area contributed by atoms with Crippen LogP contribution in [0.25, 0.3) is 0 Å². The van der Waals surface area contributed by atoms with Gasteiger partial charge in [0, 0.05) is 67.3 Å². The number of phenols is 1. The van der Waals surface area contributed by atoms with Crippen molar-refractivity contribution in [1.29, 1.82) is 0 Å². The highest BCUT2D eigenvalue weighted by Crippen LogP contribution is 2.26. The number of carboxylic acids is 1. The number of H-pyrrole nitrogens is 1. The van der Waals surface area contributed by atoms with E-state index in [1.54, 1.807) is 0 Å². The largest absolute Gasteiger partial charge is 0.508 e. The molecule has 3 saturated heterocycles. The first-order valence-corrected chi connectivity index (χ1v) is 35.1. The maximum Gasteiger partial charge on any atom is 0.303 e. The van der Waals surface area contributed by atoms with Gasteiger partial charge in [0.15, 0.2) is 5.96 Å². The predicted octanol–water partition coefficient (Wildman–Crippen LogP) is -8.74. The molecule has 0 spiro atoms. The van der Waals surface area contributed by atoms with Crippen LogP contribution in [0.5, 0.6) is 5.75 Å².